The Bertz CT molecular complexity index is 1330. The predicted molar refractivity (Wildman–Crippen MR) is 133 cm³/mol. The molecule has 4 aromatic rings. The lowest BCUT2D eigenvalue weighted by molar-refractivity contribution is 0.0655. The number of fused-ring (bicyclic) bond motifs is 1. The molecule has 0 saturated carbocycles. The zero-order valence-electron chi connectivity index (χ0n) is 18.9. The van der Waals surface area contributed by atoms with Gasteiger partial charge in [0.15, 0.2) is 0 Å². The fourth-order valence-electron chi connectivity index (χ4n) is 3.96. The molecule has 0 fully saturated rings. The summed E-state index contributed by atoms with van der Waals surface area (Å²) in [6.45, 7) is 6.56. The molecule has 1 unspecified atom stereocenters. The van der Waals surface area contributed by atoms with Crippen LogP contribution >= 0.6 is 11.6 Å². The van der Waals surface area contributed by atoms with E-state index in [-0.39, 0.29) is 17.4 Å². The second-order valence-electron chi connectivity index (χ2n) is 8.50. The van der Waals surface area contributed by atoms with Crippen molar-refractivity contribution in [2.75, 3.05) is 6.54 Å². The van der Waals surface area contributed by atoms with Gasteiger partial charge >= 0.3 is 0 Å². The SMILES string of the molecule is CC(C)CN(C(=O)c1ccc(Cl)cc1)C(C)c1nc2ccccc2c(=O)n1-c1ccccc1. The highest BCUT2D eigenvalue weighted by molar-refractivity contribution is 6.30. The summed E-state index contributed by atoms with van der Waals surface area (Å²) in [4.78, 5) is 33.8. The Morgan fingerprint density at radius 2 is 1.58 bits per heavy atom. The summed E-state index contributed by atoms with van der Waals surface area (Å²) >= 11 is 6.03. The van der Waals surface area contributed by atoms with Gasteiger partial charge in [-0.1, -0.05) is 55.8 Å². The van der Waals surface area contributed by atoms with Crippen LogP contribution in [0, 0.1) is 5.92 Å². The van der Waals surface area contributed by atoms with Gasteiger partial charge in [0.2, 0.25) is 0 Å². The first-order valence-electron chi connectivity index (χ1n) is 11.0. The number of hydrogen-bond donors (Lipinski definition) is 0. The fourth-order valence-corrected chi connectivity index (χ4v) is 4.09. The number of hydrogen-bond acceptors (Lipinski definition) is 3. The molecule has 0 aliphatic carbocycles. The van der Waals surface area contributed by atoms with Gasteiger partial charge in [0.05, 0.1) is 22.6 Å². The number of carbonyl (C=O) groups excluding carboxylic acids is 1. The van der Waals surface area contributed by atoms with Gasteiger partial charge in [0.25, 0.3) is 11.5 Å². The van der Waals surface area contributed by atoms with Crippen molar-refractivity contribution in [3.63, 3.8) is 0 Å². The van der Waals surface area contributed by atoms with Crippen LogP contribution in [0.4, 0.5) is 0 Å². The maximum Gasteiger partial charge on any atom is 0.266 e. The van der Waals surface area contributed by atoms with E-state index in [0.717, 1.165) is 0 Å². The summed E-state index contributed by atoms with van der Waals surface area (Å²) in [5, 5.41) is 1.11. The minimum absolute atomic E-state index is 0.130. The summed E-state index contributed by atoms with van der Waals surface area (Å²) in [6, 6.07) is 23.2. The molecule has 0 aliphatic heterocycles. The van der Waals surface area contributed by atoms with Crippen LogP contribution in [0.15, 0.2) is 83.7 Å². The molecule has 0 radical (unpaired) electrons. The Morgan fingerprint density at radius 3 is 2.24 bits per heavy atom. The molecule has 0 aliphatic rings. The second kappa shape index (κ2) is 9.59. The van der Waals surface area contributed by atoms with Crippen LogP contribution in [0.5, 0.6) is 0 Å². The van der Waals surface area contributed by atoms with Gasteiger partial charge in [0.1, 0.15) is 5.82 Å². The molecule has 6 heteroatoms. The molecule has 0 spiro atoms. The van der Waals surface area contributed by atoms with Crippen molar-refractivity contribution >= 4 is 28.4 Å². The highest BCUT2D eigenvalue weighted by atomic mass is 35.5. The van der Waals surface area contributed by atoms with Crippen LogP contribution in [-0.2, 0) is 0 Å². The third-order valence-corrected chi connectivity index (χ3v) is 5.82. The lowest BCUT2D eigenvalue weighted by Crippen LogP contribution is -2.39. The van der Waals surface area contributed by atoms with E-state index in [0.29, 0.717) is 39.5 Å². The quantitative estimate of drug-likeness (QED) is 0.360. The highest BCUT2D eigenvalue weighted by Gasteiger charge is 2.28. The minimum atomic E-state index is -0.451. The predicted octanol–water partition coefficient (Wildman–Crippen LogP) is 5.90. The third-order valence-electron chi connectivity index (χ3n) is 5.57. The topological polar surface area (TPSA) is 55.2 Å². The summed E-state index contributed by atoms with van der Waals surface area (Å²) < 4.78 is 1.62. The van der Waals surface area contributed by atoms with Crippen molar-refractivity contribution in [3.05, 3.63) is 106 Å². The van der Waals surface area contributed by atoms with Gasteiger partial charge in [-0.3, -0.25) is 14.2 Å². The molecular weight excluding hydrogens is 434 g/mol. The molecule has 33 heavy (non-hydrogen) atoms. The summed E-state index contributed by atoms with van der Waals surface area (Å²) in [5.74, 6) is 0.615. The number of benzene rings is 3. The zero-order chi connectivity index (χ0) is 23.5. The van der Waals surface area contributed by atoms with E-state index < -0.39 is 6.04 Å². The van der Waals surface area contributed by atoms with Gasteiger partial charge in [-0.15, -0.1) is 0 Å². The van der Waals surface area contributed by atoms with Crippen LogP contribution in [-0.4, -0.2) is 26.9 Å². The van der Waals surface area contributed by atoms with Crippen LogP contribution in [0.3, 0.4) is 0 Å². The van der Waals surface area contributed by atoms with E-state index in [9.17, 15) is 9.59 Å². The van der Waals surface area contributed by atoms with Crippen molar-refractivity contribution in [2.45, 2.75) is 26.8 Å². The summed E-state index contributed by atoms with van der Waals surface area (Å²) in [6.07, 6.45) is 0. The van der Waals surface area contributed by atoms with E-state index in [1.807, 2.05) is 55.5 Å². The number of halogens is 1. The Labute approximate surface area is 198 Å². The Kier molecular flexibility index (Phi) is 6.61. The Balaban J connectivity index is 1.90. The first kappa shape index (κ1) is 22.7. The molecule has 5 nitrogen and oxygen atoms in total. The van der Waals surface area contributed by atoms with E-state index in [1.165, 1.54) is 0 Å². The number of nitrogens with zero attached hydrogens (tertiary/aromatic N) is 3. The van der Waals surface area contributed by atoms with Gasteiger partial charge in [-0.2, -0.15) is 0 Å². The minimum Gasteiger partial charge on any atom is -0.328 e. The molecular formula is C27H26ClN3O2. The first-order valence-corrected chi connectivity index (χ1v) is 11.4. The molecule has 168 valence electrons. The lowest BCUT2D eigenvalue weighted by Gasteiger charge is -2.32. The Hall–Kier alpha value is -3.44. The van der Waals surface area contributed by atoms with Gasteiger partial charge in [0, 0.05) is 17.1 Å². The number of rotatable bonds is 6. The van der Waals surface area contributed by atoms with Crippen molar-refractivity contribution in [1.82, 2.24) is 14.5 Å². The largest absolute Gasteiger partial charge is 0.328 e. The lowest BCUT2D eigenvalue weighted by atomic mass is 10.1. The maximum absolute atomic E-state index is 13.6. The van der Waals surface area contributed by atoms with Gasteiger partial charge < -0.3 is 4.90 Å². The van der Waals surface area contributed by atoms with Crippen LogP contribution < -0.4 is 5.56 Å². The van der Waals surface area contributed by atoms with Crippen LogP contribution in [0.2, 0.25) is 5.02 Å². The average Bonchev–Trinajstić information content (AvgIpc) is 2.82. The molecule has 0 saturated heterocycles. The fraction of sp³-hybridized carbons (Fsp3) is 0.222. The van der Waals surface area contributed by atoms with E-state index in [1.54, 1.807) is 39.8 Å². The van der Waals surface area contributed by atoms with E-state index >= 15 is 0 Å². The number of amides is 1. The number of carbonyl (C=O) groups is 1. The maximum atomic E-state index is 13.6. The average molecular weight is 460 g/mol. The molecule has 1 atom stereocenters. The molecule has 0 bridgehead atoms. The monoisotopic (exact) mass is 459 g/mol. The number of aromatic nitrogens is 2. The Morgan fingerprint density at radius 1 is 0.939 bits per heavy atom. The molecule has 4 rings (SSSR count). The van der Waals surface area contributed by atoms with Gasteiger partial charge in [-0.25, -0.2) is 4.98 Å². The van der Waals surface area contributed by atoms with Gasteiger partial charge in [-0.05, 0) is 61.4 Å². The zero-order valence-corrected chi connectivity index (χ0v) is 19.7. The highest BCUT2D eigenvalue weighted by Crippen LogP contribution is 2.26. The second-order valence-corrected chi connectivity index (χ2v) is 8.93. The normalized spacial score (nSPS) is 12.2. The smallest absolute Gasteiger partial charge is 0.266 e. The summed E-state index contributed by atoms with van der Waals surface area (Å²) in [5.41, 5.74) is 1.71. The molecule has 1 heterocycles. The third kappa shape index (κ3) is 4.69. The molecule has 0 N–H and O–H groups in total. The van der Waals surface area contributed by atoms with Crippen LogP contribution in [0.25, 0.3) is 16.6 Å². The molecule has 1 aromatic heterocycles. The van der Waals surface area contributed by atoms with Crippen molar-refractivity contribution in [1.29, 1.82) is 0 Å². The standard InChI is InChI=1S/C27H26ClN3O2/c1-18(2)17-30(26(32)20-13-15-21(28)16-14-20)19(3)25-29-24-12-8-7-11-23(24)27(33)31(25)22-9-5-4-6-10-22/h4-16,18-19H,17H2,1-3H3. The first-order chi connectivity index (χ1) is 15.9. The van der Waals surface area contributed by atoms with Crippen molar-refractivity contribution in [2.24, 2.45) is 5.92 Å². The van der Waals surface area contributed by atoms with Crippen molar-refractivity contribution in [3.8, 4) is 5.69 Å². The van der Waals surface area contributed by atoms with E-state index in [2.05, 4.69) is 13.8 Å². The van der Waals surface area contributed by atoms with Crippen molar-refractivity contribution < 1.29 is 4.79 Å². The summed E-state index contributed by atoms with van der Waals surface area (Å²) in [7, 11) is 0. The van der Waals surface area contributed by atoms with Crippen LogP contribution in [0.1, 0.15) is 43.0 Å². The number of para-hydroxylation sites is 2. The molecule has 1 amide bonds. The van der Waals surface area contributed by atoms with E-state index in [4.69, 9.17) is 16.6 Å². The molecule has 3 aromatic carbocycles.